The van der Waals surface area contributed by atoms with E-state index in [4.69, 9.17) is 0 Å². The Morgan fingerprint density at radius 3 is 2.69 bits per heavy atom. The van der Waals surface area contributed by atoms with Gasteiger partial charge in [0.25, 0.3) is 0 Å². The van der Waals surface area contributed by atoms with Crippen molar-refractivity contribution in [3.05, 3.63) is 60.9 Å². The molecule has 4 aromatic rings. The van der Waals surface area contributed by atoms with Crippen LogP contribution in [0.25, 0.3) is 22.4 Å². The molecular weight excluding hydrogens is 366 g/mol. The van der Waals surface area contributed by atoms with Crippen LogP contribution in [0.4, 0.5) is 16.4 Å². The van der Waals surface area contributed by atoms with Crippen molar-refractivity contribution in [2.24, 2.45) is 0 Å². The highest BCUT2D eigenvalue weighted by Crippen LogP contribution is 2.21. The van der Waals surface area contributed by atoms with E-state index in [1.807, 2.05) is 66.9 Å². The van der Waals surface area contributed by atoms with Crippen LogP contribution in [0.15, 0.2) is 60.9 Å². The Kier molecular flexibility index (Phi) is 4.90. The molecular formula is C21H21N7O. The zero-order chi connectivity index (χ0) is 20.4. The van der Waals surface area contributed by atoms with Crippen molar-refractivity contribution in [2.75, 3.05) is 17.3 Å². The molecule has 0 radical (unpaired) electrons. The number of nitrogens with zero attached hydrogens (tertiary/aromatic N) is 6. The van der Waals surface area contributed by atoms with Gasteiger partial charge in [-0.25, -0.2) is 14.8 Å². The van der Waals surface area contributed by atoms with E-state index in [0.29, 0.717) is 23.2 Å². The molecule has 0 spiro atoms. The molecule has 1 N–H and O–H groups in total. The van der Waals surface area contributed by atoms with Crippen molar-refractivity contribution in [2.45, 2.75) is 19.9 Å². The quantitative estimate of drug-likeness (QED) is 0.568. The number of benzene rings is 1. The van der Waals surface area contributed by atoms with Crippen LogP contribution in [-0.4, -0.2) is 37.8 Å². The molecule has 0 aliphatic carbocycles. The molecule has 29 heavy (non-hydrogen) atoms. The van der Waals surface area contributed by atoms with Crippen LogP contribution >= 0.6 is 0 Å². The van der Waals surface area contributed by atoms with Crippen molar-refractivity contribution in [3.8, 4) is 11.5 Å². The second-order valence-electron chi connectivity index (χ2n) is 6.91. The molecule has 0 aliphatic rings. The van der Waals surface area contributed by atoms with Crippen LogP contribution in [0.3, 0.4) is 0 Å². The summed E-state index contributed by atoms with van der Waals surface area (Å²) in [4.78, 5) is 23.3. The van der Waals surface area contributed by atoms with E-state index in [2.05, 4.69) is 25.5 Å². The number of urea groups is 1. The lowest BCUT2D eigenvalue weighted by Crippen LogP contribution is -2.32. The Bertz CT molecular complexity index is 1170. The topological polar surface area (TPSA) is 88.8 Å². The van der Waals surface area contributed by atoms with Crippen LogP contribution < -0.4 is 10.2 Å². The number of para-hydroxylation sites is 1. The Morgan fingerprint density at radius 1 is 1.03 bits per heavy atom. The number of fused-ring (bicyclic) bond motifs is 1. The van der Waals surface area contributed by atoms with Crippen molar-refractivity contribution >= 4 is 28.6 Å². The fraction of sp³-hybridized carbons (Fsp3) is 0.190. The normalized spacial score (nSPS) is 11.0. The summed E-state index contributed by atoms with van der Waals surface area (Å²) in [5.74, 6) is 1.64. The van der Waals surface area contributed by atoms with Crippen LogP contribution in [0, 0.1) is 0 Å². The lowest BCUT2D eigenvalue weighted by Gasteiger charge is -2.17. The number of hydrogen-bond donors (Lipinski definition) is 1. The van der Waals surface area contributed by atoms with Crippen molar-refractivity contribution in [3.63, 3.8) is 0 Å². The first kappa shape index (κ1) is 18.5. The molecule has 0 fully saturated rings. The fourth-order valence-electron chi connectivity index (χ4n) is 2.97. The minimum absolute atomic E-state index is 0.199. The fourth-order valence-corrected chi connectivity index (χ4v) is 2.97. The molecule has 146 valence electrons. The molecule has 3 heterocycles. The molecule has 4 rings (SSSR count). The molecule has 0 saturated heterocycles. The number of pyridine rings is 2. The first-order valence-electron chi connectivity index (χ1n) is 9.30. The molecule has 0 saturated carbocycles. The number of amides is 2. The van der Waals surface area contributed by atoms with Crippen molar-refractivity contribution in [1.82, 2.24) is 24.7 Å². The predicted molar refractivity (Wildman–Crippen MR) is 113 cm³/mol. The van der Waals surface area contributed by atoms with Gasteiger partial charge in [-0.3, -0.25) is 10.2 Å². The summed E-state index contributed by atoms with van der Waals surface area (Å²) in [7, 11) is 1.67. The van der Waals surface area contributed by atoms with Gasteiger partial charge in [-0.15, -0.1) is 10.2 Å². The standard InChI is InChI=1S/C21H21N7O/c1-14(2)28-13-22-26-20(28)17-9-6-10-18(23-17)25-21(29)27(3)19-12-11-15-7-4-5-8-16(15)24-19/h4-14H,1-3H3,(H,23,25,29). The molecule has 8 heteroatoms. The van der Waals surface area contributed by atoms with E-state index >= 15 is 0 Å². The monoisotopic (exact) mass is 387 g/mol. The highest BCUT2D eigenvalue weighted by molar-refractivity contribution is 6.00. The Balaban J connectivity index is 1.55. The lowest BCUT2D eigenvalue weighted by atomic mass is 10.2. The molecule has 3 aromatic heterocycles. The average Bonchev–Trinajstić information content (AvgIpc) is 3.23. The summed E-state index contributed by atoms with van der Waals surface area (Å²) in [5.41, 5.74) is 1.47. The number of anilines is 2. The average molecular weight is 387 g/mol. The van der Waals surface area contributed by atoms with E-state index in [-0.39, 0.29) is 12.1 Å². The van der Waals surface area contributed by atoms with Gasteiger partial charge >= 0.3 is 6.03 Å². The molecule has 2 amide bonds. The molecule has 1 aromatic carbocycles. The number of carbonyl (C=O) groups is 1. The van der Waals surface area contributed by atoms with Crippen LogP contribution in [0.5, 0.6) is 0 Å². The highest BCUT2D eigenvalue weighted by Gasteiger charge is 2.15. The summed E-state index contributed by atoms with van der Waals surface area (Å²) >= 11 is 0. The third kappa shape index (κ3) is 3.77. The Labute approximate surface area is 168 Å². The largest absolute Gasteiger partial charge is 0.328 e. The van der Waals surface area contributed by atoms with Crippen molar-refractivity contribution in [1.29, 1.82) is 0 Å². The summed E-state index contributed by atoms with van der Waals surface area (Å²) in [5, 5.41) is 12.0. The minimum Gasteiger partial charge on any atom is -0.310 e. The van der Waals surface area contributed by atoms with Gasteiger partial charge in [-0.2, -0.15) is 0 Å². The van der Waals surface area contributed by atoms with E-state index < -0.39 is 0 Å². The van der Waals surface area contributed by atoms with Crippen molar-refractivity contribution < 1.29 is 4.79 Å². The number of carbonyl (C=O) groups excluding carboxylic acids is 1. The maximum absolute atomic E-state index is 12.7. The first-order chi connectivity index (χ1) is 14.0. The molecule has 0 bridgehead atoms. The van der Waals surface area contributed by atoms with E-state index in [9.17, 15) is 4.79 Å². The van der Waals surface area contributed by atoms with Gasteiger partial charge in [0.05, 0.1) is 5.52 Å². The second kappa shape index (κ2) is 7.67. The van der Waals surface area contributed by atoms with Crippen LogP contribution in [0.1, 0.15) is 19.9 Å². The predicted octanol–water partition coefficient (Wildman–Crippen LogP) is 4.14. The van der Waals surface area contributed by atoms with Gasteiger partial charge in [-0.1, -0.05) is 24.3 Å². The summed E-state index contributed by atoms with van der Waals surface area (Å²) in [6.07, 6.45) is 1.67. The molecule has 0 aliphatic heterocycles. The van der Waals surface area contributed by atoms with Gasteiger partial charge in [-0.05, 0) is 44.2 Å². The third-order valence-corrected chi connectivity index (χ3v) is 4.57. The smallest absolute Gasteiger partial charge is 0.310 e. The summed E-state index contributed by atoms with van der Waals surface area (Å²) in [6.45, 7) is 4.09. The number of aromatic nitrogens is 5. The SMILES string of the molecule is CC(C)n1cnnc1-c1cccc(NC(=O)N(C)c2ccc3ccccc3n2)n1. The first-order valence-corrected chi connectivity index (χ1v) is 9.30. The molecule has 0 atom stereocenters. The highest BCUT2D eigenvalue weighted by atomic mass is 16.2. The van der Waals surface area contributed by atoms with Gasteiger partial charge in [0.1, 0.15) is 23.7 Å². The van der Waals surface area contributed by atoms with Gasteiger partial charge in [0.2, 0.25) is 0 Å². The number of rotatable bonds is 4. The zero-order valence-corrected chi connectivity index (χ0v) is 16.4. The lowest BCUT2D eigenvalue weighted by molar-refractivity contribution is 0.258. The van der Waals surface area contributed by atoms with Crippen LogP contribution in [0.2, 0.25) is 0 Å². The van der Waals surface area contributed by atoms with E-state index in [0.717, 1.165) is 10.9 Å². The maximum atomic E-state index is 12.7. The van der Waals surface area contributed by atoms with Crippen LogP contribution in [-0.2, 0) is 0 Å². The van der Waals surface area contributed by atoms with E-state index in [1.165, 1.54) is 4.90 Å². The second-order valence-corrected chi connectivity index (χ2v) is 6.91. The summed E-state index contributed by atoms with van der Waals surface area (Å²) < 4.78 is 1.93. The van der Waals surface area contributed by atoms with Gasteiger partial charge < -0.3 is 4.57 Å². The Hall–Kier alpha value is -3.81. The van der Waals surface area contributed by atoms with E-state index in [1.54, 1.807) is 19.4 Å². The summed E-state index contributed by atoms with van der Waals surface area (Å²) in [6, 6.07) is 16.8. The third-order valence-electron chi connectivity index (χ3n) is 4.57. The van der Waals surface area contributed by atoms with Gasteiger partial charge in [0.15, 0.2) is 5.82 Å². The maximum Gasteiger partial charge on any atom is 0.328 e. The molecule has 0 unspecified atom stereocenters. The molecule has 8 nitrogen and oxygen atoms in total. The zero-order valence-electron chi connectivity index (χ0n) is 16.4. The number of nitrogens with one attached hydrogen (secondary N) is 1. The number of hydrogen-bond acceptors (Lipinski definition) is 5. The minimum atomic E-state index is -0.331. The van der Waals surface area contributed by atoms with Gasteiger partial charge in [0, 0.05) is 18.5 Å². The Morgan fingerprint density at radius 2 is 1.86 bits per heavy atom.